The van der Waals surface area contributed by atoms with E-state index in [9.17, 15) is 8.42 Å². The summed E-state index contributed by atoms with van der Waals surface area (Å²) in [4.78, 5) is 2.64. The van der Waals surface area contributed by atoms with Crippen LogP contribution in [0.5, 0.6) is 0 Å². The first-order chi connectivity index (χ1) is 8.79. The second-order valence-corrected chi connectivity index (χ2v) is 7.76. The van der Waals surface area contributed by atoms with Crippen molar-refractivity contribution >= 4 is 15.5 Å². The fraction of sp³-hybridized carbons (Fsp3) is 0.538. The molecule has 0 radical (unpaired) electrons. The Labute approximate surface area is 113 Å². The van der Waals surface area contributed by atoms with E-state index >= 15 is 0 Å². The Balaban J connectivity index is 2.03. The summed E-state index contributed by atoms with van der Waals surface area (Å²) in [5.41, 5.74) is 8.26. The highest BCUT2D eigenvalue weighted by molar-refractivity contribution is 7.90. The van der Waals surface area contributed by atoms with E-state index in [1.165, 1.54) is 6.26 Å². The number of rotatable bonds is 2. The number of nitrogen functional groups attached to an aromatic ring is 1. The number of nitrogens with zero attached hydrogens (tertiary/aromatic N) is 1. The molecule has 3 rings (SSSR count). The lowest BCUT2D eigenvalue weighted by Gasteiger charge is -2.45. The van der Waals surface area contributed by atoms with Crippen LogP contribution in [0.25, 0.3) is 0 Å². The molecule has 1 aromatic carbocycles. The van der Waals surface area contributed by atoms with Crippen molar-refractivity contribution in [1.29, 1.82) is 0 Å². The van der Waals surface area contributed by atoms with Crippen LogP contribution in [-0.4, -0.2) is 38.3 Å². The molecule has 0 spiro atoms. The van der Waals surface area contributed by atoms with Gasteiger partial charge in [-0.2, -0.15) is 0 Å². The zero-order valence-corrected chi connectivity index (χ0v) is 12.0. The third kappa shape index (κ3) is 2.04. The van der Waals surface area contributed by atoms with E-state index in [4.69, 9.17) is 10.5 Å². The number of anilines is 1. The van der Waals surface area contributed by atoms with Crippen LogP contribution in [0.4, 0.5) is 5.69 Å². The van der Waals surface area contributed by atoms with Crippen LogP contribution in [0, 0.1) is 0 Å². The van der Waals surface area contributed by atoms with Crippen LogP contribution in [0.3, 0.4) is 0 Å². The molecule has 0 aliphatic carbocycles. The summed E-state index contributed by atoms with van der Waals surface area (Å²) in [7, 11) is -3.25. The van der Waals surface area contributed by atoms with E-state index in [1.807, 2.05) is 6.07 Å². The maximum atomic E-state index is 11.9. The monoisotopic (exact) mass is 282 g/mol. The number of hydrogen-bond donors (Lipinski definition) is 1. The number of nitrogens with two attached hydrogens (primary N) is 1. The molecule has 0 atom stereocenters. The molecule has 6 heteroatoms. The van der Waals surface area contributed by atoms with Crippen molar-refractivity contribution in [3.05, 3.63) is 23.3 Å². The molecule has 0 amide bonds. The second kappa shape index (κ2) is 3.94. The molecule has 0 bridgehead atoms. The third-order valence-corrected chi connectivity index (χ3v) is 5.19. The first kappa shape index (κ1) is 12.9. The SMILES string of the molecule is CC1(N2Cc3cc(N)cc(S(C)(=O)=O)c3C2)COC1. The van der Waals surface area contributed by atoms with Gasteiger partial charge in [-0.15, -0.1) is 0 Å². The van der Waals surface area contributed by atoms with Gasteiger partial charge in [0.15, 0.2) is 9.84 Å². The van der Waals surface area contributed by atoms with E-state index in [-0.39, 0.29) is 5.54 Å². The highest BCUT2D eigenvalue weighted by Gasteiger charge is 2.42. The van der Waals surface area contributed by atoms with Gasteiger partial charge in [0, 0.05) is 25.0 Å². The van der Waals surface area contributed by atoms with Crippen molar-refractivity contribution in [1.82, 2.24) is 4.90 Å². The molecular weight excluding hydrogens is 264 g/mol. The van der Waals surface area contributed by atoms with Crippen molar-refractivity contribution in [2.45, 2.75) is 30.4 Å². The van der Waals surface area contributed by atoms with Gasteiger partial charge >= 0.3 is 0 Å². The molecule has 5 nitrogen and oxygen atoms in total. The predicted molar refractivity (Wildman–Crippen MR) is 72.4 cm³/mol. The highest BCUT2D eigenvalue weighted by atomic mass is 32.2. The lowest BCUT2D eigenvalue weighted by Crippen LogP contribution is -2.58. The van der Waals surface area contributed by atoms with Crippen molar-refractivity contribution in [2.24, 2.45) is 0 Å². The molecule has 2 heterocycles. The number of sulfone groups is 1. The van der Waals surface area contributed by atoms with Crippen molar-refractivity contribution in [3.63, 3.8) is 0 Å². The zero-order chi connectivity index (χ0) is 13.8. The van der Waals surface area contributed by atoms with Gasteiger partial charge in [0.25, 0.3) is 0 Å². The van der Waals surface area contributed by atoms with Crippen LogP contribution in [0.15, 0.2) is 17.0 Å². The second-order valence-electron chi connectivity index (χ2n) is 5.77. The van der Waals surface area contributed by atoms with Crippen molar-refractivity contribution in [3.8, 4) is 0 Å². The minimum Gasteiger partial charge on any atom is -0.399 e. The minimum atomic E-state index is -3.25. The Morgan fingerprint density at radius 2 is 2.00 bits per heavy atom. The van der Waals surface area contributed by atoms with Crippen molar-refractivity contribution in [2.75, 3.05) is 25.2 Å². The van der Waals surface area contributed by atoms with E-state index in [0.29, 0.717) is 30.3 Å². The van der Waals surface area contributed by atoms with E-state index in [2.05, 4.69) is 11.8 Å². The summed E-state index contributed by atoms with van der Waals surface area (Å²) >= 11 is 0. The molecule has 1 fully saturated rings. The quantitative estimate of drug-likeness (QED) is 0.811. The molecule has 1 aromatic rings. The highest BCUT2D eigenvalue weighted by Crippen LogP contribution is 2.37. The fourth-order valence-corrected chi connectivity index (χ4v) is 3.79. The lowest BCUT2D eigenvalue weighted by molar-refractivity contribution is -0.133. The molecule has 2 aliphatic heterocycles. The van der Waals surface area contributed by atoms with Crippen LogP contribution in [0.2, 0.25) is 0 Å². The molecule has 0 aromatic heterocycles. The van der Waals surface area contributed by atoms with Crippen LogP contribution in [-0.2, 0) is 27.7 Å². The largest absolute Gasteiger partial charge is 0.399 e. The average Bonchev–Trinajstić information content (AvgIpc) is 2.66. The Kier molecular flexibility index (Phi) is 2.68. The van der Waals surface area contributed by atoms with Gasteiger partial charge in [0.05, 0.1) is 23.6 Å². The van der Waals surface area contributed by atoms with Gasteiger partial charge in [-0.25, -0.2) is 8.42 Å². The van der Waals surface area contributed by atoms with Gasteiger partial charge in [0.2, 0.25) is 0 Å². The molecule has 0 unspecified atom stereocenters. The predicted octanol–water partition coefficient (Wildman–Crippen LogP) is 0.777. The topological polar surface area (TPSA) is 72.6 Å². The lowest BCUT2D eigenvalue weighted by atomic mass is 9.98. The Hall–Kier alpha value is -1.11. The summed E-state index contributed by atoms with van der Waals surface area (Å²) in [6.45, 7) is 4.93. The smallest absolute Gasteiger partial charge is 0.175 e. The van der Waals surface area contributed by atoms with Gasteiger partial charge in [0.1, 0.15) is 0 Å². The fourth-order valence-electron chi connectivity index (χ4n) is 2.79. The maximum Gasteiger partial charge on any atom is 0.175 e. The summed E-state index contributed by atoms with van der Waals surface area (Å²) in [6.07, 6.45) is 1.24. The van der Waals surface area contributed by atoms with Gasteiger partial charge in [-0.05, 0) is 30.2 Å². The number of benzene rings is 1. The average molecular weight is 282 g/mol. The van der Waals surface area contributed by atoms with E-state index in [0.717, 1.165) is 17.7 Å². The minimum absolute atomic E-state index is 0.0164. The summed E-state index contributed by atoms with van der Waals surface area (Å²) < 4.78 is 29.1. The van der Waals surface area contributed by atoms with Crippen molar-refractivity contribution < 1.29 is 13.2 Å². The third-order valence-electron chi connectivity index (χ3n) is 4.02. The van der Waals surface area contributed by atoms with Crippen LogP contribution in [0.1, 0.15) is 18.1 Å². The molecule has 2 aliphatic rings. The normalized spacial score (nSPS) is 22.0. The Morgan fingerprint density at radius 1 is 1.32 bits per heavy atom. The van der Waals surface area contributed by atoms with Crippen LogP contribution < -0.4 is 5.73 Å². The number of ether oxygens (including phenoxy) is 1. The maximum absolute atomic E-state index is 11.9. The summed E-state index contributed by atoms with van der Waals surface area (Å²) in [6, 6.07) is 3.45. The first-order valence-electron chi connectivity index (χ1n) is 6.24. The molecule has 19 heavy (non-hydrogen) atoms. The molecule has 1 saturated heterocycles. The molecule has 104 valence electrons. The summed E-state index contributed by atoms with van der Waals surface area (Å²) in [5, 5.41) is 0. The van der Waals surface area contributed by atoms with E-state index in [1.54, 1.807) is 6.07 Å². The Morgan fingerprint density at radius 3 is 2.53 bits per heavy atom. The van der Waals surface area contributed by atoms with Gasteiger partial charge in [-0.1, -0.05) is 0 Å². The number of fused-ring (bicyclic) bond motifs is 1. The Bertz CT molecular complexity index is 636. The first-order valence-corrected chi connectivity index (χ1v) is 8.13. The van der Waals surface area contributed by atoms with Crippen LogP contribution >= 0.6 is 0 Å². The molecule has 0 saturated carbocycles. The standard InChI is InChI=1S/C13H18N2O3S/c1-13(7-18-8-13)15-5-9-3-10(14)4-12(11(9)6-15)19(2,16)17/h3-4H,5-8,14H2,1-2H3. The summed E-state index contributed by atoms with van der Waals surface area (Å²) in [5.74, 6) is 0. The molecule has 2 N–H and O–H groups in total. The molecular formula is C13H18N2O3S. The number of hydrogen-bond acceptors (Lipinski definition) is 5. The zero-order valence-electron chi connectivity index (χ0n) is 11.1. The van der Waals surface area contributed by atoms with Gasteiger partial charge in [-0.3, -0.25) is 4.90 Å². The van der Waals surface area contributed by atoms with E-state index < -0.39 is 9.84 Å². The van der Waals surface area contributed by atoms with Gasteiger partial charge < -0.3 is 10.5 Å².